The molecule has 2 atom stereocenters. The van der Waals surface area contributed by atoms with Crippen LogP contribution in [0.2, 0.25) is 0 Å². The Morgan fingerprint density at radius 3 is 2.20 bits per heavy atom. The number of nitrogens with two attached hydrogens (primary N) is 1. The monoisotopic (exact) mass is 337 g/mol. The van der Waals surface area contributed by atoms with Crippen molar-refractivity contribution in [3.05, 3.63) is 58.0 Å². The highest BCUT2D eigenvalue weighted by Gasteiger charge is 2.24. The highest BCUT2D eigenvalue weighted by atomic mass is 79.9. The Morgan fingerprint density at radius 1 is 1.15 bits per heavy atom. The van der Waals surface area contributed by atoms with E-state index in [0.29, 0.717) is 17.1 Å². The van der Waals surface area contributed by atoms with Crippen molar-refractivity contribution < 1.29 is 9.52 Å². The predicted octanol–water partition coefficient (Wildman–Crippen LogP) is 3.94. The van der Waals surface area contributed by atoms with Crippen LogP contribution in [0.25, 0.3) is 0 Å². The molecule has 1 aromatic carbocycles. The number of furan rings is 1. The third kappa shape index (κ3) is 3.14. The number of halogens is 1. The molecule has 2 rings (SSSR count). The van der Waals surface area contributed by atoms with E-state index in [0.717, 1.165) is 11.1 Å². The lowest BCUT2D eigenvalue weighted by Gasteiger charge is -2.22. The van der Waals surface area contributed by atoms with Crippen molar-refractivity contribution in [3.63, 3.8) is 0 Å². The Morgan fingerprint density at radius 2 is 1.75 bits per heavy atom. The van der Waals surface area contributed by atoms with Gasteiger partial charge in [0.2, 0.25) is 0 Å². The molecule has 0 radical (unpaired) electrons. The molecule has 2 aromatic rings. The zero-order valence-electron chi connectivity index (χ0n) is 11.7. The Labute approximate surface area is 127 Å². The van der Waals surface area contributed by atoms with E-state index in [-0.39, 0.29) is 5.92 Å². The maximum absolute atomic E-state index is 10.5. The molecule has 0 bridgehead atoms. The Hall–Kier alpha value is -1.10. The predicted molar refractivity (Wildman–Crippen MR) is 83.7 cm³/mol. The Kier molecular flexibility index (Phi) is 5.02. The zero-order valence-corrected chi connectivity index (χ0v) is 13.3. The van der Waals surface area contributed by atoms with Crippen molar-refractivity contribution in [3.8, 4) is 0 Å². The van der Waals surface area contributed by atoms with E-state index in [1.165, 1.54) is 5.56 Å². The first-order valence-corrected chi connectivity index (χ1v) is 7.54. The molecular weight excluding hydrogens is 318 g/mol. The summed E-state index contributed by atoms with van der Waals surface area (Å²) < 4.78 is 5.74. The highest BCUT2D eigenvalue weighted by Crippen LogP contribution is 2.35. The summed E-state index contributed by atoms with van der Waals surface area (Å²) in [6.07, 6.45) is 0.871. The number of aliphatic hydroxyl groups is 1. The Bertz CT molecular complexity index is 548. The SMILES string of the molecule is CC(C)c1ccc(C(CN)C(O)c2ccoc2Br)cc1. The van der Waals surface area contributed by atoms with Gasteiger partial charge < -0.3 is 15.3 Å². The second-order valence-corrected chi connectivity index (χ2v) is 5.98. The molecule has 0 fully saturated rings. The molecule has 1 heterocycles. The lowest BCUT2D eigenvalue weighted by molar-refractivity contribution is 0.145. The standard InChI is InChI=1S/C16H20BrNO2/c1-10(2)11-3-5-12(6-4-11)14(9-18)15(19)13-7-8-20-16(13)17/h3-8,10,14-15,19H,9,18H2,1-2H3. The van der Waals surface area contributed by atoms with Crippen molar-refractivity contribution in [1.29, 1.82) is 0 Å². The minimum absolute atomic E-state index is 0.148. The molecule has 3 N–H and O–H groups in total. The van der Waals surface area contributed by atoms with Crippen LogP contribution in [0.15, 0.2) is 45.7 Å². The fraction of sp³-hybridized carbons (Fsp3) is 0.375. The number of hydrogen-bond acceptors (Lipinski definition) is 3. The van der Waals surface area contributed by atoms with Gasteiger partial charge in [0.05, 0.1) is 12.4 Å². The maximum atomic E-state index is 10.5. The quantitative estimate of drug-likeness (QED) is 0.868. The van der Waals surface area contributed by atoms with Gasteiger partial charge in [-0.15, -0.1) is 0 Å². The summed E-state index contributed by atoms with van der Waals surface area (Å²) in [5, 5.41) is 10.5. The normalized spacial score (nSPS) is 14.5. The molecule has 2 unspecified atom stereocenters. The van der Waals surface area contributed by atoms with E-state index < -0.39 is 6.10 Å². The van der Waals surface area contributed by atoms with E-state index in [9.17, 15) is 5.11 Å². The Balaban J connectivity index is 2.26. The van der Waals surface area contributed by atoms with Crippen LogP contribution in [-0.4, -0.2) is 11.7 Å². The first-order valence-electron chi connectivity index (χ1n) is 6.75. The van der Waals surface area contributed by atoms with E-state index in [2.05, 4.69) is 41.9 Å². The summed E-state index contributed by atoms with van der Waals surface area (Å²) in [6.45, 7) is 4.69. The van der Waals surface area contributed by atoms with Crippen LogP contribution < -0.4 is 5.73 Å². The van der Waals surface area contributed by atoms with Crippen molar-refractivity contribution >= 4 is 15.9 Å². The second-order valence-electron chi connectivity index (χ2n) is 5.26. The van der Waals surface area contributed by atoms with Crippen LogP contribution in [-0.2, 0) is 0 Å². The average molecular weight is 338 g/mol. The summed E-state index contributed by atoms with van der Waals surface area (Å²) in [5.41, 5.74) is 8.90. The lowest BCUT2D eigenvalue weighted by Crippen LogP contribution is -2.20. The molecule has 20 heavy (non-hydrogen) atoms. The zero-order chi connectivity index (χ0) is 14.7. The average Bonchev–Trinajstić information content (AvgIpc) is 2.86. The summed E-state index contributed by atoms with van der Waals surface area (Å²) in [6, 6.07) is 10.0. The van der Waals surface area contributed by atoms with Gasteiger partial charge >= 0.3 is 0 Å². The first kappa shape index (κ1) is 15.3. The molecular formula is C16H20BrNO2. The van der Waals surface area contributed by atoms with Crippen LogP contribution in [0, 0.1) is 0 Å². The molecule has 0 amide bonds. The van der Waals surface area contributed by atoms with Crippen LogP contribution in [0.5, 0.6) is 0 Å². The minimum Gasteiger partial charge on any atom is -0.457 e. The molecule has 0 aliphatic carbocycles. The largest absolute Gasteiger partial charge is 0.457 e. The number of benzene rings is 1. The van der Waals surface area contributed by atoms with Gasteiger partial charge in [0.1, 0.15) is 0 Å². The fourth-order valence-electron chi connectivity index (χ4n) is 2.31. The molecule has 3 nitrogen and oxygen atoms in total. The van der Waals surface area contributed by atoms with E-state index in [1.807, 2.05) is 12.1 Å². The summed E-state index contributed by atoms with van der Waals surface area (Å²) in [5.74, 6) is 0.346. The van der Waals surface area contributed by atoms with Gasteiger partial charge in [-0.2, -0.15) is 0 Å². The second kappa shape index (κ2) is 6.57. The van der Waals surface area contributed by atoms with Crippen molar-refractivity contribution in [1.82, 2.24) is 0 Å². The van der Waals surface area contributed by atoms with Crippen LogP contribution in [0.3, 0.4) is 0 Å². The molecule has 0 aliphatic heterocycles. The van der Waals surface area contributed by atoms with Gasteiger partial charge in [-0.05, 0) is 39.0 Å². The van der Waals surface area contributed by atoms with Gasteiger partial charge in [-0.25, -0.2) is 0 Å². The number of rotatable bonds is 5. The maximum Gasteiger partial charge on any atom is 0.174 e. The third-order valence-electron chi connectivity index (χ3n) is 3.63. The third-order valence-corrected chi connectivity index (χ3v) is 4.28. The molecule has 0 spiro atoms. The van der Waals surface area contributed by atoms with Gasteiger partial charge in [-0.3, -0.25) is 0 Å². The number of hydrogen-bond donors (Lipinski definition) is 2. The van der Waals surface area contributed by atoms with Gasteiger partial charge in [0.25, 0.3) is 0 Å². The number of aliphatic hydroxyl groups excluding tert-OH is 1. The van der Waals surface area contributed by atoms with Crippen molar-refractivity contribution in [2.45, 2.75) is 31.8 Å². The molecule has 1 aromatic heterocycles. The first-order chi connectivity index (χ1) is 9.54. The lowest BCUT2D eigenvalue weighted by atomic mass is 9.89. The van der Waals surface area contributed by atoms with Crippen molar-refractivity contribution in [2.75, 3.05) is 6.54 Å². The van der Waals surface area contributed by atoms with E-state index in [4.69, 9.17) is 10.2 Å². The fourth-order valence-corrected chi connectivity index (χ4v) is 2.78. The van der Waals surface area contributed by atoms with Crippen LogP contribution in [0.1, 0.15) is 48.5 Å². The molecule has 0 saturated carbocycles. The van der Waals surface area contributed by atoms with Crippen LogP contribution in [0.4, 0.5) is 0 Å². The van der Waals surface area contributed by atoms with Gasteiger partial charge in [0.15, 0.2) is 4.67 Å². The summed E-state index contributed by atoms with van der Waals surface area (Å²) >= 11 is 3.30. The van der Waals surface area contributed by atoms with E-state index in [1.54, 1.807) is 12.3 Å². The highest BCUT2D eigenvalue weighted by molar-refractivity contribution is 9.10. The minimum atomic E-state index is -0.682. The van der Waals surface area contributed by atoms with Gasteiger partial charge in [-0.1, -0.05) is 38.1 Å². The smallest absolute Gasteiger partial charge is 0.174 e. The molecule has 4 heteroatoms. The summed E-state index contributed by atoms with van der Waals surface area (Å²) in [7, 11) is 0. The molecule has 108 valence electrons. The summed E-state index contributed by atoms with van der Waals surface area (Å²) in [4.78, 5) is 0. The van der Waals surface area contributed by atoms with Crippen LogP contribution >= 0.6 is 15.9 Å². The van der Waals surface area contributed by atoms with Crippen molar-refractivity contribution in [2.24, 2.45) is 5.73 Å². The molecule has 0 saturated heterocycles. The topological polar surface area (TPSA) is 59.4 Å². The van der Waals surface area contributed by atoms with E-state index >= 15 is 0 Å². The van der Waals surface area contributed by atoms with Gasteiger partial charge in [0, 0.05) is 18.0 Å². The molecule has 0 aliphatic rings.